The lowest BCUT2D eigenvalue weighted by atomic mass is 10.1. The molecule has 2 radical (unpaired) electrons. The number of hydrogen-bond acceptors (Lipinski definition) is 3. The molecule has 0 unspecified atom stereocenters. The van der Waals surface area contributed by atoms with Crippen LogP contribution in [-0.2, 0) is 6.54 Å². The molecular weight excluding hydrogens is 215 g/mol. The summed E-state index contributed by atoms with van der Waals surface area (Å²) in [6, 6.07) is 7.89. The van der Waals surface area contributed by atoms with Crippen LogP contribution >= 0.6 is 0 Å². The monoisotopic (exact) mass is 230 g/mol. The summed E-state index contributed by atoms with van der Waals surface area (Å²) in [7, 11) is 5.03. The number of hydrogen-bond donors (Lipinski definition) is 2. The summed E-state index contributed by atoms with van der Waals surface area (Å²) in [5.74, 6) is -0.521. The Hall–Kier alpha value is -1.49. The van der Waals surface area contributed by atoms with E-state index in [0.29, 0.717) is 13.1 Å². The van der Waals surface area contributed by atoms with E-state index in [1.165, 1.54) is 0 Å². The van der Waals surface area contributed by atoms with Gasteiger partial charge in [0.2, 0.25) is 7.85 Å². The van der Waals surface area contributed by atoms with Gasteiger partial charge in [-0.2, -0.15) is 0 Å². The van der Waals surface area contributed by atoms with Crippen LogP contribution in [0.2, 0.25) is 0 Å². The van der Waals surface area contributed by atoms with Crippen molar-refractivity contribution in [2.45, 2.75) is 19.1 Å². The maximum absolute atomic E-state index is 10.6. The molecule has 1 aliphatic heterocycles. The summed E-state index contributed by atoms with van der Waals surface area (Å²) >= 11 is 0. The first-order valence-corrected chi connectivity index (χ1v) is 5.70. The summed E-state index contributed by atoms with van der Waals surface area (Å²) < 4.78 is 0. The third kappa shape index (κ3) is 3.23. The molecule has 17 heavy (non-hydrogen) atoms. The molecule has 1 aromatic carbocycles. The third-order valence-electron chi connectivity index (χ3n) is 2.91. The zero-order valence-corrected chi connectivity index (χ0v) is 9.60. The van der Waals surface area contributed by atoms with Gasteiger partial charge in [-0.25, -0.2) is 0 Å². The van der Waals surface area contributed by atoms with Gasteiger partial charge < -0.3 is 15.3 Å². The van der Waals surface area contributed by atoms with E-state index >= 15 is 0 Å². The lowest BCUT2D eigenvalue weighted by Gasteiger charge is -2.18. The zero-order chi connectivity index (χ0) is 12.3. The smallest absolute Gasteiger partial charge is 0.200 e. The largest absolute Gasteiger partial charge is 0.391 e. The fourth-order valence-corrected chi connectivity index (χ4v) is 2.03. The van der Waals surface area contributed by atoms with E-state index in [1.54, 1.807) is 0 Å². The summed E-state index contributed by atoms with van der Waals surface area (Å²) in [5.41, 5.74) is 2.08. The van der Waals surface area contributed by atoms with Gasteiger partial charge in [0, 0.05) is 25.3 Å². The molecule has 1 heterocycles. The van der Waals surface area contributed by atoms with Crippen LogP contribution in [0.15, 0.2) is 24.3 Å². The highest BCUT2D eigenvalue weighted by Gasteiger charge is 2.20. The van der Waals surface area contributed by atoms with Crippen molar-refractivity contribution in [1.82, 2.24) is 5.32 Å². The molecule has 0 bridgehead atoms. The van der Waals surface area contributed by atoms with Crippen LogP contribution in [-0.4, -0.2) is 38.0 Å². The first kappa shape index (κ1) is 12.0. The SMILES string of the molecule is [B]C(=O)NCc1cccc(N2CC[C@@H](O)C2)c1. The van der Waals surface area contributed by atoms with Crippen molar-refractivity contribution in [3.63, 3.8) is 0 Å². The number of nitrogens with zero attached hydrogens (tertiary/aromatic N) is 1. The molecule has 0 aromatic heterocycles. The first-order valence-electron chi connectivity index (χ1n) is 5.70. The molecule has 1 fully saturated rings. The highest BCUT2D eigenvalue weighted by atomic mass is 16.3. The molecule has 1 aliphatic rings. The number of carbonyl (C=O) groups is 1. The topological polar surface area (TPSA) is 52.6 Å². The summed E-state index contributed by atoms with van der Waals surface area (Å²) in [6.07, 6.45) is 0.575. The minimum Gasteiger partial charge on any atom is -0.391 e. The number of benzene rings is 1. The van der Waals surface area contributed by atoms with Gasteiger partial charge >= 0.3 is 0 Å². The number of rotatable bonds is 3. The average Bonchev–Trinajstić information content (AvgIpc) is 2.74. The highest BCUT2D eigenvalue weighted by molar-refractivity contribution is 6.57. The Labute approximate surface area is 102 Å². The Bertz CT molecular complexity index is 411. The van der Waals surface area contributed by atoms with E-state index in [1.807, 2.05) is 24.3 Å². The van der Waals surface area contributed by atoms with Crippen LogP contribution in [0, 0.1) is 0 Å². The molecule has 0 spiro atoms. The molecule has 1 atom stereocenters. The van der Waals surface area contributed by atoms with Crippen LogP contribution in [0.4, 0.5) is 10.5 Å². The molecule has 2 rings (SSSR count). The number of aliphatic hydroxyl groups excluding tert-OH is 1. The summed E-state index contributed by atoms with van der Waals surface area (Å²) in [6.45, 7) is 1.97. The van der Waals surface area contributed by atoms with Crippen LogP contribution in [0.5, 0.6) is 0 Å². The van der Waals surface area contributed by atoms with E-state index in [9.17, 15) is 9.90 Å². The number of anilines is 1. The Kier molecular flexibility index (Phi) is 3.69. The molecule has 2 N–H and O–H groups in total. The van der Waals surface area contributed by atoms with Crippen molar-refractivity contribution >= 4 is 19.3 Å². The minimum atomic E-state index is -0.521. The van der Waals surface area contributed by atoms with Gasteiger partial charge in [0.1, 0.15) is 0 Å². The van der Waals surface area contributed by atoms with Crippen molar-refractivity contribution in [3.8, 4) is 0 Å². The first-order chi connectivity index (χ1) is 8.15. The zero-order valence-electron chi connectivity index (χ0n) is 9.60. The second-order valence-corrected chi connectivity index (χ2v) is 4.28. The molecular formula is C12H15BN2O2. The summed E-state index contributed by atoms with van der Waals surface area (Å²) in [4.78, 5) is 12.8. The van der Waals surface area contributed by atoms with E-state index < -0.39 is 5.81 Å². The average molecular weight is 230 g/mol. The van der Waals surface area contributed by atoms with Crippen molar-refractivity contribution in [2.24, 2.45) is 0 Å². The van der Waals surface area contributed by atoms with Crippen molar-refractivity contribution in [2.75, 3.05) is 18.0 Å². The number of amides is 1. The Morgan fingerprint density at radius 2 is 2.41 bits per heavy atom. The molecule has 88 valence electrons. The van der Waals surface area contributed by atoms with Crippen LogP contribution in [0.1, 0.15) is 12.0 Å². The summed E-state index contributed by atoms with van der Waals surface area (Å²) in [5, 5.41) is 12.1. The standard InChI is InChI=1S/C12H15BN2O2/c13-12(17)14-7-9-2-1-3-10(6-9)15-5-4-11(16)8-15/h1-3,6,11,16H,4-5,7-8H2,(H,14,17)/t11-/m1/s1. The molecule has 1 aromatic rings. The number of carbonyl (C=O) groups excluding carboxylic acids is 1. The maximum Gasteiger partial charge on any atom is 0.200 e. The Morgan fingerprint density at radius 1 is 1.59 bits per heavy atom. The van der Waals surface area contributed by atoms with Crippen molar-refractivity contribution in [3.05, 3.63) is 29.8 Å². The van der Waals surface area contributed by atoms with Crippen LogP contribution < -0.4 is 10.2 Å². The van der Waals surface area contributed by atoms with E-state index in [0.717, 1.165) is 24.2 Å². The van der Waals surface area contributed by atoms with E-state index in [-0.39, 0.29) is 6.10 Å². The van der Waals surface area contributed by atoms with E-state index in [2.05, 4.69) is 10.2 Å². The van der Waals surface area contributed by atoms with Gasteiger partial charge in [-0.3, -0.25) is 4.79 Å². The number of β-amino-alcohol motifs (C(OH)–C–C–N with tert-alkyl or cyclic N) is 1. The lowest BCUT2D eigenvalue weighted by Crippen LogP contribution is -2.22. The fourth-order valence-electron chi connectivity index (χ4n) is 2.03. The van der Waals surface area contributed by atoms with Crippen molar-refractivity contribution in [1.29, 1.82) is 0 Å². The quantitative estimate of drug-likeness (QED) is 0.749. The molecule has 1 amide bonds. The van der Waals surface area contributed by atoms with Gasteiger partial charge in [-0.05, 0) is 24.1 Å². The minimum absolute atomic E-state index is 0.234. The number of aliphatic hydroxyl groups is 1. The third-order valence-corrected chi connectivity index (χ3v) is 2.91. The lowest BCUT2D eigenvalue weighted by molar-refractivity contribution is 0.198. The van der Waals surface area contributed by atoms with Gasteiger partial charge in [0.05, 0.1) is 6.10 Å². The van der Waals surface area contributed by atoms with Crippen molar-refractivity contribution < 1.29 is 9.90 Å². The molecule has 4 nitrogen and oxygen atoms in total. The van der Waals surface area contributed by atoms with Gasteiger partial charge in [-0.15, -0.1) is 0 Å². The molecule has 1 saturated heterocycles. The van der Waals surface area contributed by atoms with Gasteiger partial charge in [-0.1, -0.05) is 12.1 Å². The van der Waals surface area contributed by atoms with Crippen LogP contribution in [0.25, 0.3) is 0 Å². The highest BCUT2D eigenvalue weighted by Crippen LogP contribution is 2.21. The Morgan fingerprint density at radius 3 is 3.06 bits per heavy atom. The van der Waals surface area contributed by atoms with E-state index in [4.69, 9.17) is 7.85 Å². The fraction of sp³-hybridized carbons (Fsp3) is 0.417. The van der Waals surface area contributed by atoms with Crippen LogP contribution in [0.3, 0.4) is 0 Å². The predicted molar refractivity (Wildman–Crippen MR) is 67.3 cm³/mol. The van der Waals surface area contributed by atoms with Gasteiger partial charge in [0.25, 0.3) is 0 Å². The second kappa shape index (κ2) is 5.23. The maximum atomic E-state index is 10.6. The normalized spacial score (nSPS) is 19.4. The van der Waals surface area contributed by atoms with Gasteiger partial charge in [0.15, 0.2) is 5.81 Å². The second-order valence-electron chi connectivity index (χ2n) is 4.28. The molecule has 5 heteroatoms. The Balaban J connectivity index is 2.03. The molecule has 0 saturated carbocycles. The predicted octanol–water partition coefficient (Wildman–Crippen LogP) is 0.636. The molecule has 0 aliphatic carbocycles. The number of nitrogens with one attached hydrogen (secondary N) is 1.